The first-order valence-electron chi connectivity index (χ1n) is 5.03. The summed E-state index contributed by atoms with van der Waals surface area (Å²) in [5.74, 6) is -0.833. The summed E-state index contributed by atoms with van der Waals surface area (Å²) < 4.78 is 5.38. The lowest BCUT2D eigenvalue weighted by Gasteiger charge is -2.31. The molecule has 6 nitrogen and oxygen atoms in total. The van der Waals surface area contributed by atoms with Gasteiger partial charge in [-0.15, -0.1) is 10.2 Å². The van der Waals surface area contributed by atoms with Crippen LogP contribution in [0.15, 0.2) is 0 Å². The summed E-state index contributed by atoms with van der Waals surface area (Å²) in [7, 11) is 0. The Balaban J connectivity index is 1.99. The number of nitrogens with zero attached hydrogens (tertiary/aromatic N) is 3. The van der Waals surface area contributed by atoms with E-state index in [0.29, 0.717) is 13.2 Å². The van der Waals surface area contributed by atoms with Gasteiger partial charge in [0.15, 0.2) is 0 Å². The van der Waals surface area contributed by atoms with Crippen molar-refractivity contribution in [3.05, 3.63) is 5.01 Å². The highest BCUT2D eigenvalue weighted by molar-refractivity contribution is 7.15. The molecule has 0 aromatic carbocycles. The highest BCUT2D eigenvalue weighted by Crippen LogP contribution is 2.22. The van der Waals surface area contributed by atoms with Gasteiger partial charge < -0.3 is 14.7 Å². The summed E-state index contributed by atoms with van der Waals surface area (Å²) in [6.07, 6.45) is -0.218. The molecule has 16 heavy (non-hydrogen) atoms. The molecular formula is C9H13N3O3S. The number of carboxylic acid groups (broad SMARTS) is 1. The second-order valence-corrected chi connectivity index (χ2v) is 4.80. The van der Waals surface area contributed by atoms with Crippen molar-refractivity contribution in [3.63, 3.8) is 0 Å². The van der Waals surface area contributed by atoms with Crippen molar-refractivity contribution in [3.8, 4) is 0 Å². The summed E-state index contributed by atoms with van der Waals surface area (Å²) in [4.78, 5) is 12.6. The lowest BCUT2D eigenvalue weighted by Crippen LogP contribution is -2.43. The predicted octanol–water partition coefficient (Wildman–Crippen LogP) is 0.526. The lowest BCUT2D eigenvalue weighted by atomic mass is 10.2. The van der Waals surface area contributed by atoms with E-state index in [1.54, 1.807) is 0 Å². The van der Waals surface area contributed by atoms with Gasteiger partial charge in [-0.05, 0) is 6.92 Å². The van der Waals surface area contributed by atoms with Gasteiger partial charge in [0.05, 0.1) is 19.1 Å². The third-order valence-electron chi connectivity index (χ3n) is 2.33. The number of rotatable bonds is 3. The van der Waals surface area contributed by atoms with Crippen LogP contribution in [0.2, 0.25) is 0 Å². The molecule has 0 aliphatic carbocycles. The average molecular weight is 243 g/mol. The molecule has 1 aromatic heterocycles. The van der Waals surface area contributed by atoms with Gasteiger partial charge in [-0.1, -0.05) is 11.3 Å². The maximum Gasteiger partial charge on any atom is 0.306 e. The second-order valence-electron chi connectivity index (χ2n) is 3.64. The molecule has 0 bridgehead atoms. The van der Waals surface area contributed by atoms with Gasteiger partial charge in [0, 0.05) is 13.1 Å². The SMILES string of the molecule is Cc1nnc(N2CCOC(CC(=O)O)C2)s1. The quantitative estimate of drug-likeness (QED) is 0.834. The molecule has 1 aliphatic rings. The fourth-order valence-electron chi connectivity index (χ4n) is 1.63. The summed E-state index contributed by atoms with van der Waals surface area (Å²) >= 11 is 1.52. The van der Waals surface area contributed by atoms with Crippen LogP contribution in [-0.4, -0.2) is 47.1 Å². The average Bonchev–Trinajstić information content (AvgIpc) is 2.64. The maximum atomic E-state index is 10.6. The Kier molecular flexibility index (Phi) is 3.35. The number of aliphatic carboxylic acids is 1. The van der Waals surface area contributed by atoms with Crippen molar-refractivity contribution in [1.29, 1.82) is 0 Å². The van der Waals surface area contributed by atoms with Gasteiger partial charge in [-0.2, -0.15) is 0 Å². The number of carbonyl (C=O) groups is 1. The van der Waals surface area contributed by atoms with Gasteiger partial charge in [-0.25, -0.2) is 0 Å². The molecule has 1 aromatic rings. The Labute approximate surface area is 96.9 Å². The highest BCUT2D eigenvalue weighted by atomic mass is 32.1. The monoisotopic (exact) mass is 243 g/mol. The van der Waals surface area contributed by atoms with E-state index in [-0.39, 0.29) is 12.5 Å². The predicted molar refractivity (Wildman–Crippen MR) is 58.9 cm³/mol. The Morgan fingerprint density at radius 3 is 3.12 bits per heavy atom. The number of carboxylic acids is 1. The van der Waals surface area contributed by atoms with Crippen molar-refractivity contribution in [2.24, 2.45) is 0 Å². The number of aromatic nitrogens is 2. The molecule has 7 heteroatoms. The first-order chi connectivity index (χ1) is 7.65. The van der Waals surface area contributed by atoms with Crippen LogP contribution in [0.1, 0.15) is 11.4 Å². The van der Waals surface area contributed by atoms with Crippen LogP contribution in [0, 0.1) is 6.92 Å². The van der Waals surface area contributed by atoms with Crippen LogP contribution in [0.5, 0.6) is 0 Å². The van der Waals surface area contributed by atoms with Crippen LogP contribution in [0.3, 0.4) is 0 Å². The molecule has 0 saturated carbocycles. The zero-order valence-electron chi connectivity index (χ0n) is 8.92. The summed E-state index contributed by atoms with van der Waals surface area (Å²) in [5, 5.41) is 18.5. The Morgan fingerprint density at radius 2 is 2.50 bits per heavy atom. The minimum atomic E-state index is -0.833. The van der Waals surface area contributed by atoms with Crippen LogP contribution < -0.4 is 4.90 Å². The molecule has 1 fully saturated rings. The number of aryl methyl sites for hydroxylation is 1. The molecule has 1 saturated heterocycles. The molecule has 0 radical (unpaired) electrons. The molecule has 2 heterocycles. The van der Waals surface area contributed by atoms with E-state index < -0.39 is 5.97 Å². The smallest absolute Gasteiger partial charge is 0.306 e. The Morgan fingerprint density at radius 1 is 1.69 bits per heavy atom. The van der Waals surface area contributed by atoms with Crippen molar-refractivity contribution in [1.82, 2.24) is 10.2 Å². The van der Waals surface area contributed by atoms with Crippen LogP contribution in [-0.2, 0) is 9.53 Å². The molecular weight excluding hydrogens is 230 g/mol. The molecule has 0 spiro atoms. The molecule has 88 valence electrons. The largest absolute Gasteiger partial charge is 0.481 e. The zero-order chi connectivity index (χ0) is 11.5. The van der Waals surface area contributed by atoms with E-state index in [4.69, 9.17) is 9.84 Å². The van der Waals surface area contributed by atoms with Gasteiger partial charge in [0.1, 0.15) is 5.01 Å². The Bertz CT molecular complexity index is 382. The second kappa shape index (κ2) is 4.75. The van der Waals surface area contributed by atoms with E-state index in [9.17, 15) is 4.79 Å². The summed E-state index contributed by atoms with van der Waals surface area (Å²) in [5.41, 5.74) is 0. The number of hydrogen-bond donors (Lipinski definition) is 1. The molecule has 2 rings (SSSR count). The normalized spacial score (nSPS) is 21.1. The molecule has 1 N–H and O–H groups in total. The van der Waals surface area contributed by atoms with Crippen molar-refractivity contribution >= 4 is 22.4 Å². The first kappa shape index (κ1) is 11.3. The van der Waals surface area contributed by atoms with E-state index in [2.05, 4.69) is 10.2 Å². The van der Waals surface area contributed by atoms with Crippen molar-refractivity contribution in [2.75, 3.05) is 24.6 Å². The van der Waals surface area contributed by atoms with E-state index in [0.717, 1.165) is 16.7 Å². The van der Waals surface area contributed by atoms with Gasteiger partial charge in [-0.3, -0.25) is 4.79 Å². The molecule has 1 aliphatic heterocycles. The fraction of sp³-hybridized carbons (Fsp3) is 0.667. The fourth-order valence-corrected chi connectivity index (χ4v) is 2.35. The van der Waals surface area contributed by atoms with Gasteiger partial charge in [0.2, 0.25) is 5.13 Å². The molecule has 1 unspecified atom stereocenters. The Hall–Kier alpha value is -1.21. The van der Waals surface area contributed by atoms with Gasteiger partial charge >= 0.3 is 5.97 Å². The van der Waals surface area contributed by atoms with Crippen LogP contribution in [0.25, 0.3) is 0 Å². The topological polar surface area (TPSA) is 75.5 Å². The standard InChI is InChI=1S/C9H13N3O3S/c1-6-10-11-9(16-6)12-2-3-15-7(5-12)4-8(13)14/h7H,2-5H2,1H3,(H,13,14). The zero-order valence-corrected chi connectivity index (χ0v) is 9.74. The first-order valence-corrected chi connectivity index (χ1v) is 5.85. The van der Waals surface area contributed by atoms with E-state index >= 15 is 0 Å². The van der Waals surface area contributed by atoms with Crippen LogP contribution >= 0.6 is 11.3 Å². The number of anilines is 1. The lowest BCUT2D eigenvalue weighted by molar-refractivity contribution is -0.140. The minimum absolute atomic E-state index is 0.0360. The maximum absolute atomic E-state index is 10.6. The highest BCUT2D eigenvalue weighted by Gasteiger charge is 2.24. The van der Waals surface area contributed by atoms with Crippen molar-refractivity contribution in [2.45, 2.75) is 19.4 Å². The van der Waals surface area contributed by atoms with E-state index in [1.807, 2.05) is 11.8 Å². The minimum Gasteiger partial charge on any atom is -0.481 e. The number of morpholine rings is 1. The number of ether oxygens (including phenoxy) is 1. The molecule has 1 atom stereocenters. The van der Waals surface area contributed by atoms with Crippen LogP contribution in [0.4, 0.5) is 5.13 Å². The third kappa shape index (κ3) is 2.67. The van der Waals surface area contributed by atoms with Crippen molar-refractivity contribution < 1.29 is 14.6 Å². The third-order valence-corrected chi connectivity index (χ3v) is 3.23. The van der Waals surface area contributed by atoms with Gasteiger partial charge in [0.25, 0.3) is 0 Å². The number of hydrogen-bond acceptors (Lipinski definition) is 6. The summed E-state index contributed by atoms with van der Waals surface area (Å²) in [6, 6.07) is 0. The molecule has 0 amide bonds. The summed E-state index contributed by atoms with van der Waals surface area (Å²) in [6.45, 7) is 3.75. The van der Waals surface area contributed by atoms with E-state index in [1.165, 1.54) is 11.3 Å².